The van der Waals surface area contributed by atoms with Crippen molar-refractivity contribution in [3.8, 4) is 5.75 Å². The van der Waals surface area contributed by atoms with Crippen LogP contribution in [0.1, 0.15) is 5.69 Å². The van der Waals surface area contributed by atoms with Crippen molar-refractivity contribution in [3.05, 3.63) is 69.6 Å². The summed E-state index contributed by atoms with van der Waals surface area (Å²) in [5.74, 6) is 0.372. The summed E-state index contributed by atoms with van der Waals surface area (Å²) >= 11 is 5.85. The van der Waals surface area contributed by atoms with Crippen molar-refractivity contribution >= 4 is 34.2 Å². The lowest BCUT2D eigenvalue weighted by Crippen LogP contribution is -2.52. The second-order valence-corrected chi connectivity index (χ2v) is 8.04. The van der Waals surface area contributed by atoms with Gasteiger partial charge in [0.15, 0.2) is 6.61 Å². The summed E-state index contributed by atoms with van der Waals surface area (Å²) in [5.41, 5.74) is 0.382. The van der Waals surface area contributed by atoms with Crippen molar-refractivity contribution in [3.63, 3.8) is 0 Å². The first kappa shape index (κ1) is 21.8. The molecular weight excluding hydrogens is 432 g/mol. The molecule has 8 nitrogen and oxygen atoms in total. The first-order valence-electron chi connectivity index (χ1n) is 10.3. The third-order valence-corrected chi connectivity index (χ3v) is 5.76. The number of amides is 2. The Balaban J connectivity index is 1.33. The summed E-state index contributed by atoms with van der Waals surface area (Å²) < 4.78 is 6.79. The van der Waals surface area contributed by atoms with Crippen LogP contribution in [0.4, 0.5) is 0 Å². The molecule has 1 aromatic heterocycles. The number of benzene rings is 2. The van der Waals surface area contributed by atoms with Crippen molar-refractivity contribution in [1.29, 1.82) is 0 Å². The first-order valence-corrected chi connectivity index (χ1v) is 10.7. The van der Waals surface area contributed by atoms with Crippen molar-refractivity contribution < 1.29 is 14.3 Å². The van der Waals surface area contributed by atoms with E-state index in [2.05, 4.69) is 5.10 Å². The molecule has 4 rings (SSSR count). The molecule has 0 bridgehead atoms. The molecule has 0 N–H and O–H groups in total. The summed E-state index contributed by atoms with van der Waals surface area (Å²) in [7, 11) is 1.58. The van der Waals surface area contributed by atoms with Gasteiger partial charge in [0.2, 0.25) is 5.91 Å². The van der Waals surface area contributed by atoms with Crippen molar-refractivity contribution in [2.75, 3.05) is 32.8 Å². The maximum Gasteiger partial charge on any atom is 0.274 e. The van der Waals surface area contributed by atoms with Gasteiger partial charge in [0.05, 0.1) is 17.5 Å². The summed E-state index contributed by atoms with van der Waals surface area (Å²) in [5, 5.41) is 6.14. The fourth-order valence-corrected chi connectivity index (χ4v) is 3.86. The number of ether oxygens (including phenoxy) is 1. The largest absolute Gasteiger partial charge is 0.484 e. The number of hydrogen-bond acceptors (Lipinski definition) is 5. The fraction of sp³-hybridized carbons (Fsp3) is 0.304. The highest BCUT2D eigenvalue weighted by molar-refractivity contribution is 6.30. The van der Waals surface area contributed by atoms with Crippen LogP contribution in [0.3, 0.4) is 0 Å². The number of piperazine rings is 1. The number of carbonyl (C=O) groups excluding carboxylic acids is 2. The Morgan fingerprint density at radius 2 is 1.53 bits per heavy atom. The lowest BCUT2D eigenvalue weighted by molar-refractivity contribution is -0.140. The number of aryl methyl sites for hydroxylation is 1. The van der Waals surface area contributed by atoms with Gasteiger partial charge in [-0.2, -0.15) is 5.10 Å². The van der Waals surface area contributed by atoms with Crippen molar-refractivity contribution in [2.24, 2.45) is 7.05 Å². The number of fused-ring (bicyclic) bond motifs is 1. The maximum absolute atomic E-state index is 12.9. The van der Waals surface area contributed by atoms with Crippen molar-refractivity contribution in [1.82, 2.24) is 19.6 Å². The van der Waals surface area contributed by atoms with E-state index in [9.17, 15) is 14.4 Å². The van der Waals surface area contributed by atoms with Gasteiger partial charge >= 0.3 is 0 Å². The SMILES string of the molecule is Cn1nc(CC(=O)N2CCN(C(=O)COc3ccc(Cl)cc3)CC2)c2ccccc2c1=O. The monoisotopic (exact) mass is 454 g/mol. The lowest BCUT2D eigenvalue weighted by atomic mass is 10.1. The predicted octanol–water partition coefficient (Wildman–Crippen LogP) is 1.88. The molecule has 166 valence electrons. The number of carbonyl (C=O) groups is 2. The van der Waals surface area contributed by atoms with Gasteiger partial charge < -0.3 is 14.5 Å². The van der Waals surface area contributed by atoms with Crippen LogP contribution in [0.5, 0.6) is 5.75 Å². The van der Waals surface area contributed by atoms with E-state index in [-0.39, 0.29) is 30.4 Å². The zero-order valence-corrected chi connectivity index (χ0v) is 18.4. The zero-order valence-electron chi connectivity index (χ0n) is 17.7. The number of rotatable bonds is 5. The minimum atomic E-state index is -0.190. The quantitative estimate of drug-likeness (QED) is 0.587. The number of nitrogens with zero attached hydrogens (tertiary/aromatic N) is 4. The third-order valence-electron chi connectivity index (χ3n) is 5.51. The van der Waals surface area contributed by atoms with Crippen LogP contribution in [-0.2, 0) is 23.1 Å². The molecular formula is C23H23ClN4O4. The van der Waals surface area contributed by atoms with Crippen molar-refractivity contribution in [2.45, 2.75) is 6.42 Å². The number of halogens is 1. The maximum atomic E-state index is 12.9. The van der Waals surface area contributed by atoms with E-state index in [0.29, 0.717) is 53.4 Å². The molecule has 0 spiro atoms. The van der Waals surface area contributed by atoms with Crippen LogP contribution >= 0.6 is 11.6 Å². The smallest absolute Gasteiger partial charge is 0.274 e. The normalized spacial score (nSPS) is 13.9. The molecule has 2 heterocycles. The molecule has 0 radical (unpaired) electrons. The molecule has 0 unspecified atom stereocenters. The number of aromatic nitrogens is 2. The molecule has 2 aromatic carbocycles. The summed E-state index contributed by atoms with van der Waals surface area (Å²) in [6, 6.07) is 14.0. The van der Waals surface area contributed by atoms with Crippen LogP contribution < -0.4 is 10.3 Å². The number of hydrogen-bond donors (Lipinski definition) is 0. The molecule has 1 aliphatic rings. The van der Waals surface area contributed by atoms with Gasteiger partial charge in [0, 0.05) is 43.6 Å². The Hall–Kier alpha value is -3.39. The Morgan fingerprint density at radius 1 is 0.938 bits per heavy atom. The Bertz CT molecular complexity index is 1200. The molecule has 0 atom stereocenters. The van der Waals surface area contributed by atoms with Gasteiger partial charge in [-0.05, 0) is 30.3 Å². The predicted molar refractivity (Wildman–Crippen MR) is 121 cm³/mol. The summed E-state index contributed by atoms with van der Waals surface area (Å²) in [6.45, 7) is 1.69. The minimum absolute atomic E-state index is 0.0659. The molecule has 9 heteroatoms. The molecule has 1 saturated heterocycles. The molecule has 3 aromatic rings. The highest BCUT2D eigenvalue weighted by Gasteiger charge is 2.25. The van der Waals surface area contributed by atoms with Crippen LogP contribution in [0.2, 0.25) is 5.02 Å². The van der Waals surface area contributed by atoms with Gasteiger partial charge in [-0.15, -0.1) is 0 Å². The minimum Gasteiger partial charge on any atom is -0.484 e. The summed E-state index contributed by atoms with van der Waals surface area (Å²) in [6.07, 6.45) is 0.0995. The highest BCUT2D eigenvalue weighted by Crippen LogP contribution is 2.17. The molecule has 2 amide bonds. The molecule has 1 aliphatic heterocycles. The molecule has 0 saturated carbocycles. The van der Waals surface area contributed by atoms with Gasteiger partial charge in [-0.1, -0.05) is 29.8 Å². The lowest BCUT2D eigenvalue weighted by Gasteiger charge is -2.34. The second kappa shape index (κ2) is 9.40. The van der Waals surface area contributed by atoms with E-state index in [1.807, 2.05) is 12.1 Å². The first-order chi connectivity index (χ1) is 15.4. The highest BCUT2D eigenvalue weighted by atomic mass is 35.5. The Morgan fingerprint density at radius 3 is 2.19 bits per heavy atom. The van der Waals surface area contributed by atoms with Gasteiger partial charge in [-0.25, -0.2) is 4.68 Å². The molecule has 1 fully saturated rings. The molecule has 32 heavy (non-hydrogen) atoms. The van der Waals surface area contributed by atoms with Crippen LogP contribution in [0.25, 0.3) is 10.8 Å². The Labute approximate surface area is 189 Å². The van der Waals surface area contributed by atoms with Gasteiger partial charge in [-0.3, -0.25) is 14.4 Å². The van der Waals surface area contributed by atoms with Gasteiger partial charge in [0.25, 0.3) is 11.5 Å². The van der Waals surface area contributed by atoms with Crippen LogP contribution in [-0.4, -0.2) is 64.2 Å². The van der Waals surface area contributed by atoms with E-state index >= 15 is 0 Å². The Kier molecular flexibility index (Phi) is 6.41. The summed E-state index contributed by atoms with van der Waals surface area (Å²) in [4.78, 5) is 41.0. The standard InChI is InChI=1S/C23H23ClN4O4/c1-26-23(31)19-5-3-2-4-18(19)20(25-26)14-21(29)27-10-12-28(13-11-27)22(30)15-32-17-8-6-16(24)7-9-17/h2-9H,10-15H2,1H3. The van der Waals surface area contributed by atoms with E-state index in [1.165, 1.54) is 4.68 Å². The zero-order chi connectivity index (χ0) is 22.7. The van der Waals surface area contributed by atoms with Gasteiger partial charge in [0.1, 0.15) is 5.75 Å². The third kappa shape index (κ3) is 4.75. The topological polar surface area (TPSA) is 84.7 Å². The fourth-order valence-electron chi connectivity index (χ4n) is 3.73. The molecule has 0 aliphatic carbocycles. The van der Waals surface area contributed by atoms with Crippen LogP contribution in [0, 0.1) is 0 Å². The van der Waals surface area contributed by atoms with E-state index < -0.39 is 0 Å². The average molecular weight is 455 g/mol. The van der Waals surface area contributed by atoms with Crippen LogP contribution in [0.15, 0.2) is 53.3 Å². The van der Waals surface area contributed by atoms with E-state index in [4.69, 9.17) is 16.3 Å². The average Bonchev–Trinajstić information content (AvgIpc) is 2.82. The van der Waals surface area contributed by atoms with E-state index in [1.54, 1.807) is 53.2 Å². The second-order valence-electron chi connectivity index (χ2n) is 7.60. The van der Waals surface area contributed by atoms with E-state index in [0.717, 1.165) is 0 Å².